The lowest BCUT2D eigenvalue weighted by atomic mass is 10.1. The highest BCUT2D eigenvalue weighted by Crippen LogP contribution is 2.30. The zero-order valence-corrected chi connectivity index (χ0v) is 20.0. The summed E-state index contributed by atoms with van der Waals surface area (Å²) in [6.45, 7) is 4.33. The van der Waals surface area contributed by atoms with Crippen molar-refractivity contribution >= 4 is 33.3 Å². The van der Waals surface area contributed by atoms with Gasteiger partial charge in [0.05, 0.1) is 11.0 Å². The fourth-order valence-electron chi connectivity index (χ4n) is 4.76. The number of nitrogens with one attached hydrogen (secondary N) is 2. The highest BCUT2D eigenvalue weighted by molar-refractivity contribution is 5.90. The molecule has 0 aliphatic carbocycles. The van der Waals surface area contributed by atoms with Crippen molar-refractivity contribution in [2.24, 2.45) is 0 Å². The van der Waals surface area contributed by atoms with E-state index in [4.69, 9.17) is 4.98 Å². The Morgan fingerprint density at radius 2 is 1.53 bits per heavy atom. The molecule has 6 nitrogen and oxygen atoms in total. The van der Waals surface area contributed by atoms with E-state index in [1.807, 2.05) is 0 Å². The van der Waals surface area contributed by atoms with Gasteiger partial charge in [0.25, 0.3) is 0 Å². The van der Waals surface area contributed by atoms with E-state index in [1.165, 1.54) is 22.3 Å². The summed E-state index contributed by atoms with van der Waals surface area (Å²) in [5.41, 5.74) is 9.05. The predicted molar refractivity (Wildman–Crippen MR) is 143 cm³/mol. The van der Waals surface area contributed by atoms with E-state index in [0.717, 1.165) is 59.8 Å². The van der Waals surface area contributed by atoms with E-state index >= 15 is 0 Å². The molecule has 2 aromatic heterocycles. The van der Waals surface area contributed by atoms with Crippen LogP contribution in [0.25, 0.3) is 44.6 Å². The van der Waals surface area contributed by atoms with Crippen LogP contribution in [0.1, 0.15) is 0 Å². The van der Waals surface area contributed by atoms with E-state index < -0.39 is 0 Å². The van der Waals surface area contributed by atoms with Gasteiger partial charge in [-0.25, -0.2) is 4.98 Å². The van der Waals surface area contributed by atoms with Crippen molar-refractivity contribution in [1.82, 2.24) is 19.9 Å². The van der Waals surface area contributed by atoms with Gasteiger partial charge in [-0.1, -0.05) is 24.3 Å². The second-order valence-electron chi connectivity index (χ2n) is 9.50. The Morgan fingerprint density at radius 1 is 0.765 bits per heavy atom. The minimum atomic E-state index is 0.902. The number of rotatable bonds is 4. The molecule has 0 spiro atoms. The quantitative estimate of drug-likeness (QED) is 0.395. The fraction of sp³-hybridized carbons (Fsp3) is 0.250. The largest absolute Gasteiger partial charge is 0.378 e. The number of aromatic amines is 2. The van der Waals surface area contributed by atoms with Gasteiger partial charge in [-0.3, -0.25) is 0 Å². The molecule has 6 heteroatoms. The van der Waals surface area contributed by atoms with Crippen LogP contribution < -0.4 is 9.80 Å². The normalized spacial score (nSPS) is 14.9. The standard InChI is InChI=1S/C28H30N6/c1-32(2)22-8-6-19(7-9-22)25-16-20-4-5-21(17-26(20)29-25)28-30-24-11-10-23(18-27(24)31-28)34-14-12-33(3)13-15-34/h4-11,16-18,29H,12-15H2,1-3H3,(H,30,31). The highest BCUT2D eigenvalue weighted by Gasteiger charge is 2.16. The molecule has 2 N–H and O–H groups in total. The SMILES string of the molecule is CN1CCN(c2ccc3nc(-c4ccc5cc(-c6ccc(N(C)C)cc6)[nH]c5c4)[nH]c3c2)CC1. The molecule has 1 fully saturated rings. The molecule has 3 aromatic carbocycles. The van der Waals surface area contributed by atoms with Crippen LogP contribution in [-0.2, 0) is 0 Å². The van der Waals surface area contributed by atoms with Crippen molar-refractivity contribution in [3.05, 3.63) is 66.7 Å². The van der Waals surface area contributed by atoms with Crippen molar-refractivity contribution in [3.8, 4) is 22.6 Å². The molecule has 172 valence electrons. The number of likely N-dealkylation sites (N-methyl/N-ethyl adjacent to an activating group) is 1. The van der Waals surface area contributed by atoms with Crippen molar-refractivity contribution in [2.45, 2.75) is 0 Å². The van der Waals surface area contributed by atoms with Crippen molar-refractivity contribution in [1.29, 1.82) is 0 Å². The number of H-pyrrole nitrogens is 2. The summed E-state index contributed by atoms with van der Waals surface area (Å²) in [7, 11) is 6.31. The fourth-order valence-corrected chi connectivity index (χ4v) is 4.76. The summed E-state index contributed by atoms with van der Waals surface area (Å²) in [6, 6.07) is 23.9. The van der Waals surface area contributed by atoms with Gasteiger partial charge >= 0.3 is 0 Å². The zero-order valence-electron chi connectivity index (χ0n) is 20.0. The van der Waals surface area contributed by atoms with Gasteiger partial charge in [-0.2, -0.15) is 0 Å². The van der Waals surface area contributed by atoms with Gasteiger partial charge in [0, 0.05) is 73.8 Å². The van der Waals surface area contributed by atoms with Crippen LogP contribution in [0.2, 0.25) is 0 Å². The molecule has 6 rings (SSSR count). The first-order valence-corrected chi connectivity index (χ1v) is 11.9. The van der Waals surface area contributed by atoms with E-state index in [0.29, 0.717) is 0 Å². The number of imidazole rings is 1. The van der Waals surface area contributed by atoms with Crippen molar-refractivity contribution in [3.63, 3.8) is 0 Å². The zero-order chi connectivity index (χ0) is 23.2. The Kier molecular flexibility index (Phi) is 5.03. The summed E-state index contributed by atoms with van der Waals surface area (Å²) in [6.07, 6.45) is 0. The third-order valence-corrected chi connectivity index (χ3v) is 6.92. The summed E-state index contributed by atoms with van der Waals surface area (Å²) in [5, 5.41) is 1.20. The average molecular weight is 451 g/mol. The molecule has 0 amide bonds. The van der Waals surface area contributed by atoms with Gasteiger partial charge in [0.2, 0.25) is 0 Å². The molecule has 34 heavy (non-hydrogen) atoms. The van der Waals surface area contributed by atoms with E-state index in [1.54, 1.807) is 0 Å². The van der Waals surface area contributed by atoms with Crippen LogP contribution in [0.5, 0.6) is 0 Å². The number of nitrogens with zero attached hydrogens (tertiary/aromatic N) is 4. The Balaban J connectivity index is 1.30. The third kappa shape index (κ3) is 3.80. The minimum Gasteiger partial charge on any atom is -0.378 e. The maximum atomic E-state index is 4.88. The number of aromatic nitrogens is 3. The molecular weight excluding hydrogens is 420 g/mol. The van der Waals surface area contributed by atoms with E-state index in [9.17, 15) is 0 Å². The second-order valence-corrected chi connectivity index (χ2v) is 9.50. The highest BCUT2D eigenvalue weighted by atomic mass is 15.2. The molecular formula is C28H30N6. The number of fused-ring (bicyclic) bond motifs is 2. The number of hydrogen-bond acceptors (Lipinski definition) is 4. The maximum Gasteiger partial charge on any atom is 0.138 e. The molecule has 1 aliphatic rings. The predicted octanol–water partition coefficient (Wildman–Crippen LogP) is 5.20. The second kappa shape index (κ2) is 8.22. The first kappa shape index (κ1) is 20.8. The lowest BCUT2D eigenvalue weighted by molar-refractivity contribution is 0.313. The topological polar surface area (TPSA) is 54.2 Å². The Morgan fingerprint density at radius 3 is 2.29 bits per heavy atom. The van der Waals surface area contributed by atoms with Crippen LogP contribution in [-0.4, -0.2) is 67.2 Å². The average Bonchev–Trinajstić information content (AvgIpc) is 3.48. The Bertz CT molecular complexity index is 1450. The lowest BCUT2D eigenvalue weighted by Crippen LogP contribution is -2.44. The Labute approximate surface area is 199 Å². The van der Waals surface area contributed by atoms with Gasteiger partial charge in [-0.15, -0.1) is 0 Å². The van der Waals surface area contributed by atoms with Gasteiger partial charge in [0.15, 0.2) is 0 Å². The number of hydrogen-bond donors (Lipinski definition) is 2. The monoisotopic (exact) mass is 450 g/mol. The van der Waals surface area contributed by atoms with Crippen LogP contribution >= 0.6 is 0 Å². The summed E-state index contributed by atoms with van der Waals surface area (Å²) < 4.78 is 0. The van der Waals surface area contributed by atoms with Crippen LogP contribution in [0.4, 0.5) is 11.4 Å². The van der Waals surface area contributed by atoms with Gasteiger partial charge in [0.1, 0.15) is 5.82 Å². The van der Waals surface area contributed by atoms with Gasteiger partial charge in [-0.05, 0) is 55.1 Å². The first-order valence-electron chi connectivity index (χ1n) is 11.9. The van der Waals surface area contributed by atoms with Crippen molar-refractivity contribution < 1.29 is 0 Å². The maximum absolute atomic E-state index is 4.88. The van der Waals surface area contributed by atoms with E-state index in [-0.39, 0.29) is 0 Å². The summed E-state index contributed by atoms with van der Waals surface area (Å²) in [5.74, 6) is 0.902. The van der Waals surface area contributed by atoms with Crippen LogP contribution in [0.15, 0.2) is 66.7 Å². The number of piperazine rings is 1. The third-order valence-electron chi connectivity index (χ3n) is 6.92. The minimum absolute atomic E-state index is 0.902. The number of anilines is 2. The summed E-state index contributed by atoms with van der Waals surface area (Å²) >= 11 is 0. The van der Waals surface area contributed by atoms with Crippen molar-refractivity contribution in [2.75, 3.05) is 57.1 Å². The van der Waals surface area contributed by atoms with Crippen LogP contribution in [0, 0.1) is 0 Å². The molecule has 0 saturated carbocycles. The smallest absolute Gasteiger partial charge is 0.138 e. The van der Waals surface area contributed by atoms with Gasteiger partial charge < -0.3 is 24.7 Å². The van der Waals surface area contributed by atoms with Crippen LogP contribution in [0.3, 0.4) is 0 Å². The molecule has 1 aliphatic heterocycles. The molecule has 3 heterocycles. The molecule has 0 unspecified atom stereocenters. The number of benzene rings is 3. The molecule has 0 radical (unpaired) electrons. The Hall–Kier alpha value is -3.77. The molecule has 1 saturated heterocycles. The molecule has 5 aromatic rings. The molecule has 0 atom stereocenters. The lowest BCUT2D eigenvalue weighted by Gasteiger charge is -2.34. The van der Waals surface area contributed by atoms with E-state index in [2.05, 4.69) is 113 Å². The summed E-state index contributed by atoms with van der Waals surface area (Å²) in [4.78, 5) is 19.0. The molecule has 0 bridgehead atoms. The first-order chi connectivity index (χ1) is 16.5.